The molecule has 0 saturated heterocycles. The summed E-state index contributed by atoms with van der Waals surface area (Å²) < 4.78 is 2.35. The zero-order chi connectivity index (χ0) is 17.1. The highest BCUT2D eigenvalue weighted by molar-refractivity contribution is 7.99. The number of thiophene rings is 1. The first kappa shape index (κ1) is 17.3. The van der Waals surface area contributed by atoms with Gasteiger partial charge in [-0.15, -0.1) is 23.0 Å². The molecule has 2 aromatic rings. The van der Waals surface area contributed by atoms with Gasteiger partial charge in [0.25, 0.3) is 0 Å². The number of carbonyl (C=O) groups is 1. The van der Waals surface area contributed by atoms with Crippen LogP contribution in [0.5, 0.6) is 0 Å². The summed E-state index contributed by atoms with van der Waals surface area (Å²) in [7, 11) is 0. The van der Waals surface area contributed by atoms with Crippen LogP contribution in [0.1, 0.15) is 23.8 Å². The lowest BCUT2D eigenvalue weighted by atomic mass is 10.4. The number of amides is 1. The quantitative estimate of drug-likeness (QED) is 0.561. The van der Waals surface area contributed by atoms with E-state index in [-0.39, 0.29) is 23.4 Å². The second-order valence-electron chi connectivity index (χ2n) is 5.47. The van der Waals surface area contributed by atoms with Gasteiger partial charge in [-0.1, -0.05) is 29.4 Å². The Kier molecular flexibility index (Phi) is 5.47. The molecule has 0 aliphatic heterocycles. The molecule has 0 spiro atoms. The fourth-order valence-corrected chi connectivity index (χ4v) is 4.32. The highest BCUT2D eigenvalue weighted by Gasteiger charge is 2.29. The molecule has 1 amide bonds. The van der Waals surface area contributed by atoms with Gasteiger partial charge < -0.3 is 4.90 Å². The molecule has 24 heavy (non-hydrogen) atoms. The van der Waals surface area contributed by atoms with Crippen molar-refractivity contribution in [1.29, 1.82) is 0 Å². The molecule has 6 nitrogen and oxygen atoms in total. The van der Waals surface area contributed by atoms with Crippen molar-refractivity contribution in [2.75, 3.05) is 12.3 Å². The Labute approximate surface area is 152 Å². The van der Waals surface area contributed by atoms with E-state index in [0.29, 0.717) is 22.6 Å². The molecule has 0 aromatic carbocycles. The first-order valence-corrected chi connectivity index (χ1v) is 9.69. The minimum Gasteiger partial charge on any atom is -0.333 e. The third-order valence-electron chi connectivity index (χ3n) is 3.59. The maximum absolute atomic E-state index is 12.5. The standard InChI is InChI=1S/C15H17ClN4O2S2/c1-2-7-19(8-11-5-6-12(16)24-11)13(21)9-23-15-18-17-14(22)20(15)10-3-4-10/h2,5-6,10H,1,3-4,7-9H2,(H,17,22). The molecule has 0 radical (unpaired) electrons. The van der Waals surface area contributed by atoms with E-state index < -0.39 is 0 Å². The van der Waals surface area contributed by atoms with Crippen molar-refractivity contribution in [1.82, 2.24) is 19.7 Å². The third-order valence-corrected chi connectivity index (χ3v) is 5.74. The summed E-state index contributed by atoms with van der Waals surface area (Å²) in [6.07, 6.45) is 3.68. The van der Waals surface area contributed by atoms with Crippen LogP contribution in [0.3, 0.4) is 0 Å². The van der Waals surface area contributed by atoms with Crippen molar-refractivity contribution in [3.05, 3.63) is 44.5 Å². The van der Waals surface area contributed by atoms with Gasteiger partial charge in [0.05, 0.1) is 16.6 Å². The summed E-state index contributed by atoms with van der Waals surface area (Å²) in [5, 5.41) is 7.06. The molecule has 3 rings (SSSR count). The van der Waals surface area contributed by atoms with E-state index in [1.807, 2.05) is 12.1 Å². The molecule has 9 heteroatoms. The molecule has 0 bridgehead atoms. The van der Waals surface area contributed by atoms with Crippen LogP contribution < -0.4 is 5.69 Å². The predicted molar refractivity (Wildman–Crippen MR) is 96.8 cm³/mol. The van der Waals surface area contributed by atoms with E-state index in [1.165, 1.54) is 23.1 Å². The summed E-state index contributed by atoms with van der Waals surface area (Å²) in [5.74, 6) is 0.200. The summed E-state index contributed by atoms with van der Waals surface area (Å²) >= 11 is 8.69. The number of thioether (sulfide) groups is 1. The number of aromatic amines is 1. The molecule has 0 atom stereocenters. The molecule has 1 N–H and O–H groups in total. The molecule has 1 aliphatic rings. The smallest absolute Gasteiger partial charge is 0.333 e. The van der Waals surface area contributed by atoms with Gasteiger partial charge >= 0.3 is 5.69 Å². The van der Waals surface area contributed by atoms with E-state index in [9.17, 15) is 9.59 Å². The number of aromatic nitrogens is 3. The van der Waals surface area contributed by atoms with Crippen LogP contribution in [0, 0.1) is 0 Å². The average molecular weight is 385 g/mol. The summed E-state index contributed by atoms with van der Waals surface area (Å²) in [6, 6.07) is 3.97. The number of hydrogen-bond acceptors (Lipinski definition) is 5. The van der Waals surface area contributed by atoms with Crippen LogP contribution in [-0.4, -0.2) is 37.9 Å². The highest BCUT2D eigenvalue weighted by Crippen LogP contribution is 2.36. The van der Waals surface area contributed by atoms with Crippen LogP contribution in [0.4, 0.5) is 0 Å². The monoisotopic (exact) mass is 384 g/mol. The van der Waals surface area contributed by atoms with Gasteiger partial charge in [-0.2, -0.15) is 0 Å². The second kappa shape index (κ2) is 7.58. The molecular weight excluding hydrogens is 368 g/mol. The van der Waals surface area contributed by atoms with Crippen molar-refractivity contribution in [2.45, 2.75) is 30.6 Å². The Morgan fingerprint density at radius 3 is 3.00 bits per heavy atom. The Bertz CT molecular complexity index is 793. The first-order chi connectivity index (χ1) is 11.6. The summed E-state index contributed by atoms with van der Waals surface area (Å²) in [5.41, 5.74) is -0.205. The van der Waals surface area contributed by atoms with Crippen LogP contribution >= 0.6 is 34.7 Å². The lowest BCUT2D eigenvalue weighted by Crippen LogP contribution is -2.32. The molecule has 1 saturated carbocycles. The van der Waals surface area contributed by atoms with Gasteiger partial charge in [0.15, 0.2) is 5.16 Å². The maximum Gasteiger partial charge on any atom is 0.344 e. The molecular formula is C15H17ClN4O2S2. The van der Waals surface area contributed by atoms with Crippen LogP contribution in [-0.2, 0) is 11.3 Å². The van der Waals surface area contributed by atoms with Crippen molar-refractivity contribution < 1.29 is 4.79 Å². The van der Waals surface area contributed by atoms with E-state index in [1.54, 1.807) is 15.5 Å². The number of nitrogens with zero attached hydrogens (tertiary/aromatic N) is 3. The second-order valence-corrected chi connectivity index (χ2v) is 8.21. The van der Waals surface area contributed by atoms with Gasteiger partial charge in [0.1, 0.15) is 0 Å². The summed E-state index contributed by atoms with van der Waals surface area (Å²) in [4.78, 5) is 27.0. The molecule has 1 aliphatic carbocycles. The number of H-pyrrole nitrogens is 1. The van der Waals surface area contributed by atoms with Gasteiger partial charge in [-0.3, -0.25) is 9.36 Å². The van der Waals surface area contributed by atoms with Crippen molar-refractivity contribution >= 4 is 40.6 Å². The predicted octanol–water partition coefficient (Wildman–Crippen LogP) is 2.93. The maximum atomic E-state index is 12.5. The minimum absolute atomic E-state index is 0.0257. The number of halogens is 1. The average Bonchev–Trinajstić information content (AvgIpc) is 3.20. The Balaban J connectivity index is 1.63. The molecule has 2 heterocycles. The zero-order valence-electron chi connectivity index (χ0n) is 12.9. The van der Waals surface area contributed by atoms with Gasteiger partial charge in [-0.05, 0) is 25.0 Å². The SMILES string of the molecule is C=CCN(Cc1ccc(Cl)s1)C(=O)CSc1n[nH]c(=O)n1C1CC1. The number of nitrogens with one attached hydrogen (secondary N) is 1. The van der Waals surface area contributed by atoms with E-state index in [4.69, 9.17) is 11.6 Å². The van der Waals surface area contributed by atoms with Crippen LogP contribution in [0.2, 0.25) is 4.34 Å². The largest absolute Gasteiger partial charge is 0.344 e. The minimum atomic E-state index is -0.205. The fourth-order valence-electron chi connectivity index (χ4n) is 2.30. The number of hydrogen-bond donors (Lipinski definition) is 1. The van der Waals surface area contributed by atoms with Gasteiger partial charge in [-0.25, -0.2) is 9.89 Å². The first-order valence-electron chi connectivity index (χ1n) is 7.51. The van der Waals surface area contributed by atoms with Crippen LogP contribution in [0.15, 0.2) is 34.7 Å². The highest BCUT2D eigenvalue weighted by atomic mass is 35.5. The topological polar surface area (TPSA) is 71.0 Å². The van der Waals surface area contributed by atoms with Crippen molar-refractivity contribution in [3.8, 4) is 0 Å². The number of rotatable bonds is 8. The van der Waals surface area contributed by atoms with Gasteiger partial charge in [0, 0.05) is 17.5 Å². The van der Waals surface area contributed by atoms with E-state index in [0.717, 1.165) is 17.7 Å². The van der Waals surface area contributed by atoms with Crippen molar-refractivity contribution in [3.63, 3.8) is 0 Å². The van der Waals surface area contributed by atoms with Crippen LogP contribution in [0.25, 0.3) is 0 Å². The molecule has 1 fully saturated rings. The normalized spacial score (nSPS) is 13.9. The lowest BCUT2D eigenvalue weighted by Gasteiger charge is -2.20. The van der Waals surface area contributed by atoms with E-state index >= 15 is 0 Å². The third kappa shape index (κ3) is 4.12. The zero-order valence-corrected chi connectivity index (χ0v) is 15.3. The Hall–Kier alpha value is -1.51. The Morgan fingerprint density at radius 2 is 2.38 bits per heavy atom. The van der Waals surface area contributed by atoms with E-state index in [2.05, 4.69) is 16.8 Å². The van der Waals surface area contributed by atoms with Gasteiger partial charge in [0.2, 0.25) is 5.91 Å². The summed E-state index contributed by atoms with van der Waals surface area (Å²) in [6.45, 7) is 4.67. The number of carbonyl (C=O) groups excluding carboxylic acids is 1. The molecule has 0 unspecified atom stereocenters. The Morgan fingerprint density at radius 1 is 1.58 bits per heavy atom. The molecule has 2 aromatic heterocycles. The van der Waals surface area contributed by atoms with Crippen molar-refractivity contribution in [2.24, 2.45) is 0 Å². The molecule has 128 valence electrons. The fraction of sp³-hybridized carbons (Fsp3) is 0.400. The lowest BCUT2D eigenvalue weighted by molar-refractivity contribution is -0.128.